The first kappa shape index (κ1) is 20.9. The van der Waals surface area contributed by atoms with E-state index in [4.69, 9.17) is 4.74 Å². The van der Waals surface area contributed by atoms with E-state index in [1.807, 2.05) is 36.4 Å². The molecule has 0 bridgehead atoms. The monoisotopic (exact) mass is 391 g/mol. The van der Waals surface area contributed by atoms with Gasteiger partial charge in [-0.25, -0.2) is 0 Å². The number of alkyl halides is 3. The third-order valence-corrected chi connectivity index (χ3v) is 5.67. The summed E-state index contributed by atoms with van der Waals surface area (Å²) < 4.78 is 46.3. The number of rotatable bonds is 7. The first-order valence-electron chi connectivity index (χ1n) is 9.96. The van der Waals surface area contributed by atoms with Crippen LogP contribution in [0.4, 0.5) is 13.2 Å². The predicted octanol–water partition coefficient (Wildman–Crippen LogP) is 5.97. The molecule has 0 N–H and O–H groups in total. The van der Waals surface area contributed by atoms with Crippen LogP contribution >= 0.6 is 0 Å². The second-order valence-electron chi connectivity index (χ2n) is 7.53. The Morgan fingerprint density at radius 2 is 1.36 bits per heavy atom. The fourth-order valence-corrected chi connectivity index (χ4v) is 4.17. The van der Waals surface area contributed by atoms with Crippen LogP contribution in [0.25, 0.3) is 0 Å². The highest BCUT2D eigenvalue weighted by molar-refractivity contribution is 5.17. The molecule has 28 heavy (non-hydrogen) atoms. The zero-order valence-electron chi connectivity index (χ0n) is 16.3. The molecule has 1 fully saturated rings. The van der Waals surface area contributed by atoms with E-state index < -0.39 is 11.8 Å². The SMILES string of the molecule is CCO[C@]1(C(F)(F)F)CC[C@@H](N(Cc2ccccc2)Cc2ccccc2)CC1. The molecule has 1 aliphatic carbocycles. The maximum absolute atomic E-state index is 13.7. The van der Waals surface area contributed by atoms with Crippen LogP contribution in [0.5, 0.6) is 0 Å². The third-order valence-electron chi connectivity index (χ3n) is 5.67. The van der Waals surface area contributed by atoms with E-state index in [9.17, 15) is 13.2 Å². The molecule has 0 atom stereocenters. The van der Waals surface area contributed by atoms with Crippen LogP contribution < -0.4 is 0 Å². The molecule has 5 heteroatoms. The number of ether oxygens (including phenoxy) is 1. The first-order valence-corrected chi connectivity index (χ1v) is 9.96. The molecule has 0 aromatic heterocycles. The van der Waals surface area contributed by atoms with Crippen molar-refractivity contribution in [1.82, 2.24) is 4.90 Å². The van der Waals surface area contributed by atoms with E-state index in [2.05, 4.69) is 29.2 Å². The van der Waals surface area contributed by atoms with Crippen molar-refractivity contribution in [2.24, 2.45) is 0 Å². The summed E-state index contributed by atoms with van der Waals surface area (Å²) in [5.41, 5.74) is 0.371. The number of nitrogens with zero attached hydrogens (tertiary/aromatic N) is 1. The lowest BCUT2D eigenvalue weighted by atomic mass is 9.80. The van der Waals surface area contributed by atoms with Crippen molar-refractivity contribution in [2.75, 3.05) is 6.61 Å². The highest BCUT2D eigenvalue weighted by Gasteiger charge is 2.57. The smallest absolute Gasteiger partial charge is 0.366 e. The Bertz CT molecular complexity index is 668. The zero-order valence-corrected chi connectivity index (χ0v) is 16.3. The van der Waals surface area contributed by atoms with Gasteiger partial charge in [-0.2, -0.15) is 13.2 Å². The molecule has 1 aliphatic rings. The molecule has 0 spiro atoms. The number of hydrogen-bond acceptors (Lipinski definition) is 2. The molecular weight excluding hydrogens is 363 g/mol. The Morgan fingerprint density at radius 1 is 0.893 bits per heavy atom. The van der Waals surface area contributed by atoms with E-state index >= 15 is 0 Å². The number of benzene rings is 2. The molecule has 2 aromatic carbocycles. The maximum atomic E-state index is 13.7. The van der Waals surface area contributed by atoms with Gasteiger partial charge < -0.3 is 4.74 Å². The van der Waals surface area contributed by atoms with Crippen LogP contribution in [-0.2, 0) is 17.8 Å². The molecule has 3 rings (SSSR count). The Balaban J connectivity index is 1.75. The van der Waals surface area contributed by atoms with Crippen molar-refractivity contribution >= 4 is 0 Å². The predicted molar refractivity (Wildman–Crippen MR) is 105 cm³/mol. The van der Waals surface area contributed by atoms with Crippen LogP contribution in [0.1, 0.15) is 43.7 Å². The molecule has 0 amide bonds. The van der Waals surface area contributed by atoms with Crippen molar-refractivity contribution in [1.29, 1.82) is 0 Å². The van der Waals surface area contributed by atoms with E-state index in [-0.39, 0.29) is 25.5 Å². The van der Waals surface area contributed by atoms with Gasteiger partial charge in [0, 0.05) is 25.7 Å². The van der Waals surface area contributed by atoms with E-state index in [0.717, 1.165) is 13.1 Å². The van der Waals surface area contributed by atoms with Crippen LogP contribution in [0.3, 0.4) is 0 Å². The summed E-state index contributed by atoms with van der Waals surface area (Å²) in [6.45, 7) is 3.18. The lowest BCUT2D eigenvalue weighted by Gasteiger charge is -2.44. The minimum atomic E-state index is -4.32. The molecule has 2 nitrogen and oxygen atoms in total. The minimum Gasteiger partial charge on any atom is -0.366 e. The summed E-state index contributed by atoms with van der Waals surface area (Å²) in [7, 11) is 0. The lowest BCUT2D eigenvalue weighted by Crippen LogP contribution is -2.53. The quantitative estimate of drug-likeness (QED) is 0.577. The fraction of sp³-hybridized carbons (Fsp3) is 0.478. The van der Waals surface area contributed by atoms with E-state index in [1.54, 1.807) is 6.92 Å². The van der Waals surface area contributed by atoms with Gasteiger partial charge in [0.15, 0.2) is 5.60 Å². The van der Waals surface area contributed by atoms with Gasteiger partial charge in [0.2, 0.25) is 0 Å². The summed E-state index contributed by atoms with van der Waals surface area (Å²) >= 11 is 0. The van der Waals surface area contributed by atoms with Crippen molar-refractivity contribution in [3.05, 3.63) is 71.8 Å². The zero-order chi connectivity index (χ0) is 20.0. The second kappa shape index (κ2) is 9.10. The van der Waals surface area contributed by atoms with Crippen molar-refractivity contribution in [3.63, 3.8) is 0 Å². The van der Waals surface area contributed by atoms with Gasteiger partial charge in [0.1, 0.15) is 0 Å². The van der Waals surface area contributed by atoms with Gasteiger partial charge in [-0.15, -0.1) is 0 Å². The Hall–Kier alpha value is -1.85. The summed E-state index contributed by atoms with van der Waals surface area (Å²) in [4.78, 5) is 2.32. The molecule has 0 saturated heterocycles. The van der Waals surface area contributed by atoms with Gasteiger partial charge in [-0.05, 0) is 43.7 Å². The summed E-state index contributed by atoms with van der Waals surface area (Å²) in [5, 5.41) is 0. The summed E-state index contributed by atoms with van der Waals surface area (Å²) in [5.74, 6) is 0. The lowest BCUT2D eigenvalue weighted by molar-refractivity contribution is -0.289. The maximum Gasteiger partial charge on any atom is 0.417 e. The molecule has 2 aromatic rings. The normalized spacial score (nSPS) is 23.1. The Labute approximate surface area is 165 Å². The highest BCUT2D eigenvalue weighted by Crippen LogP contribution is 2.45. The van der Waals surface area contributed by atoms with Gasteiger partial charge in [0.05, 0.1) is 0 Å². The first-order chi connectivity index (χ1) is 13.4. The summed E-state index contributed by atoms with van der Waals surface area (Å²) in [6.07, 6.45) is -3.31. The average molecular weight is 391 g/mol. The number of halogens is 3. The van der Waals surface area contributed by atoms with Gasteiger partial charge >= 0.3 is 6.18 Å². The third kappa shape index (κ3) is 4.95. The second-order valence-corrected chi connectivity index (χ2v) is 7.53. The van der Waals surface area contributed by atoms with Crippen molar-refractivity contribution in [2.45, 2.75) is 63.5 Å². The number of hydrogen-bond donors (Lipinski definition) is 0. The molecule has 0 aliphatic heterocycles. The van der Waals surface area contributed by atoms with Crippen LogP contribution in [-0.4, -0.2) is 29.3 Å². The molecular formula is C23H28F3NO. The van der Waals surface area contributed by atoms with Crippen LogP contribution in [0.15, 0.2) is 60.7 Å². The van der Waals surface area contributed by atoms with Crippen LogP contribution in [0.2, 0.25) is 0 Å². The molecule has 1 saturated carbocycles. The van der Waals surface area contributed by atoms with Gasteiger partial charge in [0.25, 0.3) is 0 Å². The van der Waals surface area contributed by atoms with Crippen molar-refractivity contribution < 1.29 is 17.9 Å². The van der Waals surface area contributed by atoms with E-state index in [1.165, 1.54) is 11.1 Å². The molecule has 0 heterocycles. The standard InChI is InChI=1S/C23H28F3NO/c1-2-28-22(23(24,25)26)15-13-21(14-16-22)27(17-19-9-5-3-6-10-19)18-20-11-7-4-8-12-20/h3-12,21H,2,13-18H2,1H3/t21-,22-. The fourth-order valence-electron chi connectivity index (χ4n) is 4.17. The van der Waals surface area contributed by atoms with Gasteiger partial charge in [-0.1, -0.05) is 60.7 Å². The minimum absolute atomic E-state index is 0.0229. The van der Waals surface area contributed by atoms with Gasteiger partial charge in [-0.3, -0.25) is 4.90 Å². The Kier molecular flexibility index (Phi) is 6.78. The molecule has 0 unspecified atom stereocenters. The van der Waals surface area contributed by atoms with Crippen LogP contribution in [0, 0.1) is 0 Å². The average Bonchev–Trinajstić information content (AvgIpc) is 2.69. The summed E-state index contributed by atoms with van der Waals surface area (Å²) in [6, 6.07) is 20.3. The Morgan fingerprint density at radius 3 is 1.75 bits per heavy atom. The highest BCUT2D eigenvalue weighted by atomic mass is 19.4. The van der Waals surface area contributed by atoms with E-state index in [0.29, 0.717) is 12.8 Å². The van der Waals surface area contributed by atoms with Crippen molar-refractivity contribution in [3.8, 4) is 0 Å². The topological polar surface area (TPSA) is 12.5 Å². The molecule has 0 radical (unpaired) electrons. The largest absolute Gasteiger partial charge is 0.417 e. The molecule has 152 valence electrons.